The quantitative estimate of drug-likeness (QED) is 0.691. The Morgan fingerprint density at radius 1 is 0.824 bits per heavy atom. The van der Waals surface area contributed by atoms with E-state index in [0.29, 0.717) is 0 Å². The fourth-order valence-electron chi connectivity index (χ4n) is 1.53. The van der Waals surface area contributed by atoms with Gasteiger partial charge >= 0.3 is 0 Å². The molecule has 82 valence electrons. The van der Waals surface area contributed by atoms with Crippen molar-refractivity contribution in [1.29, 1.82) is 0 Å². The van der Waals surface area contributed by atoms with E-state index in [1.807, 2.05) is 36.4 Å². The molecule has 0 spiro atoms. The van der Waals surface area contributed by atoms with Crippen LogP contribution in [0.15, 0.2) is 48.8 Å². The third-order valence-corrected chi connectivity index (χ3v) is 3.04. The van der Waals surface area contributed by atoms with Gasteiger partial charge in [0.15, 0.2) is 0 Å². The summed E-state index contributed by atoms with van der Waals surface area (Å²) in [5.41, 5.74) is 2.49. The lowest BCUT2D eigenvalue weighted by Crippen LogP contribution is -1.86. The molecule has 17 heavy (non-hydrogen) atoms. The van der Waals surface area contributed by atoms with Crippen LogP contribution in [-0.4, -0.2) is 19.6 Å². The lowest BCUT2D eigenvalue weighted by molar-refractivity contribution is 1.14. The Balaban J connectivity index is 2.13. The first-order chi connectivity index (χ1) is 8.45. The molecule has 0 amide bonds. The van der Waals surface area contributed by atoms with E-state index in [-0.39, 0.29) is 0 Å². The van der Waals surface area contributed by atoms with Crippen LogP contribution < -0.4 is 0 Å². The van der Waals surface area contributed by atoms with Gasteiger partial charge in [-0.1, -0.05) is 16.6 Å². The average Bonchev–Trinajstić information content (AvgIpc) is 2.90. The molecule has 3 aromatic rings. The zero-order valence-corrected chi connectivity index (χ0v) is 9.63. The Hall–Kier alpha value is -2.14. The Morgan fingerprint density at radius 2 is 1.53 bits per heavy atom. The Labute approximate surface area is 102 Å². The van der Waals surface area contributed by atoms with Gasteiger partial charge in [-0.15, -0.1) is 5.10 Å². The van der Waals surface area contributed by atoms with Crippen molar-refractivity contribution in [3.63, 3.8) is 0 Å². The first kappa shape index (κ1) is 10.0. The number of hydrogen-bond acceptors (Lipinski definition) is 5. The van der Waals surface area contributed by atoms with Crippen LogP contribution in [0.2, 0.25) is 0 Å². The average molecular weight is 240 g/mol. The highest BCUT2D eigenvalue weighted by atomic mass is 32.1. The second kappa shape index (κ2) is 4.39. The predicted octanol–water partition coefficient (Wildman–Crippen LogP) is 2.66. The molecule has 0 unspecified atom stereocenters. The van der Waals surface area contributed by atoms with Gasteiger partial charge in [-0.3, -0.25) is 9.97 Å². The maximum absolute atomic E-state index is 4.31. The summed E-state index contributed by atoms with van der Waals surface area (Å²) in [6, 6.07) is 11.5. The molecule has 0 radical (unpaired) electrons. The van der Waals surface area contributed by atoms with E-state index in [1.165, 1.54) is 11.5 Å². The normalized spacial score (nSPS) is 10.4. The summed E-state index contributed by atoms with van der Waals surface area (Å²) in [7, 11) is 0. The standard InChI is InChI=1S/C12H8N4S/c1-3-7-13-9(5-1)11-12(17-16-15-11)10-6-2-4-8-14-10/h1-8H. The molecule has 3 rings (SSSR count). The van der Waals surface area contributed by atoms with Crippen molar-refractivity contribution in [2.75, 3.05) is 0 Å². The molecule has 0 saturated carbocycles. The summed E-state index contributed by atoms with van der Waals surface area (Å²) >= 11 is 1.33. The van der Waals surface area contributed by atoms with Gasteiger partial charge in [0.25, 0.3) is 0 Å². The first-order valence-electron chi connectivity index (χ1n) is 5.10. The van der Waals surface area contributed by atoms with E-state index in [4.69, 9.17) is 0 Å². The van der Waals surface area contributed by atoms with Gasteiger partial charge in [-0.2, -0.15) is 0 Å². The lowest BCUT2D eigenvalue weighted by Gasteiger charge is -1.99. The van der Waals surface area contributed by atoms with Gasteiger partial charge in [0.2, 0.25) is 0 Å². The van der Waals surface area contributed by atoms with E-state index in [2.05, 4.69) is 19.6 Å². The second-order valence-electron chi connectivity index (χ2n) is 3.38. The smallest absolute Gasteiger partial charge is 0.133 e. The molecule has 3 heterocycles. The summed E-state index contributed by atoms with van der Waals surface area (Å²) in [4.78, 5) is 9.54. The third-order valence-electron chi connectivity index (χ3n) is 2.29. The molecule has 0 aliphatic rings. The third kappa shape index (κ3) is 1.92. The summed E-state index contributed by atoms with van der Waals surface area (Å²) in [6.07, 6.45) is 3.51. The van der Waals surface area contributed by atoms with Crippen LogP contribution in [0.3, 0.4) is 0 Å². The Kier molecular flexibility index (Phi) is 2.59. The van der Waals surface area contributed by atoms with Crippen molar-refractivity contribution in [1.82, 2.24) is 19.6 Å². The fraction of sp³-hybridized carbons (Fsp3) is 0. The Bertz CT molecular complexity index is 553. The number of aromatic nitrogens is 4. The molecule has 4 nitrogen and oxygen atoms in total. The molecule has 0 aliphatic carbocycles. The zero-order chi connectivity index (χ0) is 11.5. The fourth-order valence-corrected chi connectivity index (χ4v) is 2.18. The van der Waals surface area contributed by atoms with Gasteiger partial charge in [0, 0.05) is 12.4 Å². The summed E-state index contributed by atoms with van der Waals surface area (Å²) in [5, 5.41) is 4.13. The molecule has 0 N–H and O–H groups in total. The molecule has 0 saturated heterocycles. The second-order valence-corrected chi connectivity index (χ2v) is 4.13. The Morgan fingerprint density at radius 3 is 2.18 bits per heavy atom. The van der Waals surface area contributed by atoms with Crippen LogP contribution in [0, 0.1) is 0 Å². The minimum Gasteiger partial charge on any atom is -0.255 e. The molecule has 5 heteroatoms. The van der Waals surface area contributed by atoms with Crippen molar-refractivity contribution in [3.05, 3.63) is 48.8 Å². The zero-order valence-electron chi connectivity index (χ0n) is 8.82. The van der Waals surface area contributed by atoms with E-state index < -0.39 is 0 Å². The van der Waals surface area contributed by atoms with Crippen molar-refractivity contribution >= 4 is 11.5 Å². The maximum Gasteiger partial charge on any atom is 0.133 e. The highest BCUT2D eigenvalue weighted by Gasteiger charge is 2.13. The summed E-state index contributed by atoms with van der Waals surface area (Å²) in [5.74, 6) is 0. The summed E-state index contributed by atoms with van der Waals surface area (Å²) < 4.78 is 3.99. The monoisotopic (exact) mass is 240 g/mol. The minimum absolute atomic E-state index is 0.786. The van der Waals surface area contributed by atoms with Gasteiger partial charge in [0.1, 0.15) is 10.6 Å². The van der Waals surface area contributed by atoms with Crippen molar-refractivity contribution in [2.24, 2.45) is 0 Å². The van der Waals surface area contributed by atoms with Crippen LogP contribution in [0.5, 0.6) is 0 Å². The van der Waals surface area contributed by atoms with Gasteiger partial charge in [-0.25, -0.2) is 0 Å². The molecule has 0 aromatic carbocycles. The lowest BCUT2D eigenvalue weighted by atomic mass is 10.2. The number of hydrogen-bond donors (Lipinski definition) is 0. The SMILES string of the molecule is c1ccc(-c2nnsc2-c2ccccn2)nc1. The highest BCUT2D eigenvalue weighted by Crippen LogP contribution is 2.30. The topological polar surface area (TPSA) is 51.6 Å². The van der Waals surface area contributed by atoms with Crippen LogP contribution in [0.25, 0.3) is 22.0 Å². The van der Waals surface area contributed by atoms with Crippen molar-refractivity contribution in [3.8, 4) is 22.0 Å². The maximum atomic E-state index is 4.31. The molecule has 0 fully saturated rings. The number of rotatable bonds is 2. The van der Waals surface area contributed by atoms with E-state index in [0.717, 1.165) is 22.0 Å². The number of pyridine rings is 2. The minimum atomic E-state index is 0.786. The van der Waals surface area contributed by atoms with Crippen molar-refractivity contribution in [2.45, 2.75) is 0 Å². The van der Waals surface area contributed by atoms with Crippen LogP contribution in [-0.2, 0) is 0 Å². The van der Waals surface area contributed by atoms with E-state index in [1.54, 1.807) is 12.4 Å². The highest BCUT2D eigenvalue weighted by molar-refractivity contribution is 7.09. The van der Waals surface area contributed by atoms with Gasteiger partial charge in [0.05, 0.1) is 11.4 Å². The largest absolute Gasteiger partial charge is 0.255 e. The molecule has 0 aliphatic heterocycles. The van der Waals surface area contributed by atoms with Crippen LogP contribution in [0.4, 0.5) is 0 Å². The van der Waals surface area contributed by atoms with Gasteiger partial charge < -0.3 is 0 Å². The molecule has 0 atom stereocenters. The summed E-state index contributed by atoms with van der Waals surface area (Å²) in [6.45, 7) is 0. The van der Waals surface area contributed by atoms with Crippen molar-refractivity contribution < 1.29 is 0 Å². The van der Waals surface area contributed by atoms with Crippen LogP contribution >= 0.6 is 11.5 Å². The van der Waals surface area contributed by atoms with Crippen LogP contribution in [0.1, 0.15) is 0 Å². The number of nitrogens with zero attached hydrogens (tertiary/aromatic N) is 4. The first-order valence-corrected chi connectivity index (χ1v) is 5.87. The molecular weight excluding hydrogens is 232 g/mol. The van der Waals surface area contributed by atoms with E-state index in [9.17, 15) is 0 Å². The van der Waals surface area contributed by atoms with E-state index >= 15 is 0 Å². The molecular formula is C12H8N4S. The van der Waals surface area contributed by atoms with Gasteiger partial charge in [-0.05, 0) is 35.8 Å². The molecule has 3 aromatic heterocycles. The predicted molar refractivity (Wildman–Crippen MR) is 66.4 cm³/mol. The molecule has 0 bridgehead atoms.